The smallest absolute Gasteiger partial charge is 0.236 e. The number of amides is 1. The molecular formula is C11H23N3O. The molecule has 1 rings (SSSR count). The number of nitrogens with zero attached hydrogens (tertiary/aromatic N) is 1. The van der Waals surface area contributed by atoms with Crippen LogP contribution in [0.25, 0.3) is 0 Å². The molecule has 0 bridgehead atoms. The lowest BCUT2D eigenvalue weighted by Crippen LogP contribution is -2.45. The lowest BCUT2D eigenvalue weighted by atomic mass is 10.1. The number of hydrogen-bond donors (Lipinski definition) is 2. The van der Waals surface area contributed by atoms with Gasteiger partial charge in [0, 0.05) is 25.7 Å². The molecule has 15 heavy (non-hydrogen) atoms. The van der Waals surface area contributed by atoms with Gasteiger partial charge in [-0.2, -0.15) is 0 Å². The average molecular weight is 213 g/mol. The normalized spacial score (nSPS) is 26.3. The second-order valence-electron chi connectivity index (χ2n) is 4.64. The van der Waals surface area contributed by atoms with E-state index in [1.165, 1.54) is 0 Å². The van der Waals surface area contributed by atoms with Crippen LogP contribution in [0, 0.1) is 0 Å². The van der Waals surface area contributed by atoms with Crippen LogP contribution in [0.1, 0.15) is 26.7 Å². The molecule has 4 nitrogen and oxygen atoms in total. The van der Waals surface area contributed by atoms with E-state index in [0.29, 0.717) is 12.1 Å². The molecule has 1 amide bonds. The zero-order valence-corrected chi connectivity index (χ0v) is 10.2. The van der Waals surface area contributed by atoms with E-state index in [1.54, 1.807) is 7.05 Å². The first kappa shape index (κ1) is 12.5. The van der Waals surface area contributed by atoms with Crippen molar-refractivity contribution in [2.24, 2.45) is 0 Å². The maximum Gasteiger partial charge on any atom is 0.236 e. The molecule has 0 spiro atoms. The standard InChI is InChI=1S/C11H23N3O/c1-8(2)14(4)7-9-5-6-10(13-9)11(15)12-3/h8-10,13H,5-7H2,1-4H3,(H,12,15). The van der Waals surface area contributed by atoms with Crippen molar-refractivity contribution in [2.75, 3.05) is 20.6 Å². The summed E-state index contributed by atoms with van der Waals surface area (Å²) in [6.45, 7) is 5.39. The monoisotopic (exact) mass is 213 g/mol. The quantitative estimate of drug-likeness (QED) is 0.701. The molecule has 0 aliphatic carbocycles. The molecule has 1 aliphatic rings. The average Bonchev–Trinajstić information content (AvgIpc) is 2.65. The third kappa shape index (κ3) is 3.47. The summed E-state index contributed by atoms with van der Waals surface area (Å²) in [5.74, 6) is 0.115. The van der Waals surface area contributed by atoms with Crippen molar-refractivity contribution in [3.63, 3.8) is 0 Å². The maximum absolute atomic E-state index is 11.4. The van der Waals surface area contributed by atoms with Crippen LogP contribution in [0.15, 0.2) is 0 Å². The molecule has 1 heterocycles. The van der Waals surface area contributed by atoms with E-state index in [2.05, 4.69) is 36.4 Å². The summed E-state index contributed by atoms with van der Waals surface area (Å²) in [6, 6.07) is 1.03. The van der Waals surface area contributed by atoms with Gasteiger partial charge in [-0.15, -0.1) is 0 Å². The fourth-order valence-electron chi connectivity index (χ4n) is 1.90. The van der Waals surface area contributed by atoms with Gasteiger partial charge in [0.15, 0.2) is 0 Å². The summed E-state index contributed by atoms with van der Waals surface area (Å²) in [5, 5.41) is 6.06. The van der Waals surface area contributed by atoms with Crippen LogP contribution in [0.5, 0.6) is 0 Å². The van der Waals surface area contributed by atoms with Crippen LogP contribution < -0.4 is 10.6 Å². The number of carbonyl (C=O) groups is 1. The minimum atomic E-state index is 0.0144. The van der Waals surface area contributed by atoms with E-state index in [9.17, 15) is 4.79 Å². The van der Waals surface area contributed by atoms with Crippen molar-refractivity contribution >= 4 is 5.91 Å². The summed E-state index contributed by atoms with van der Waals surface area (Å²) < 4.78 is 0. The van der Waals surface area contributed by atoms with Crippen molar-refractivity contribution in [2.45, 2.75) is 44.8 Å². The first-order valence-electron chi connectivity index (χ1n) is 5.72. The van der Waals surface area contributed by atoms with Gasteiger partial charge in [-0.1, -0.05) is 0 Å². The number of nitrogens with one attached hydrogen (secondary N) is 2. The Hall–Kier alpha value is -0.610. The Morgan fingerprint density at radius 1 is 1.53 bits per heavy atom. The predicted molar refractivity (Wildman–Crippen MR) is 61.8 cm³/mol. The largest absolute Gasteiger partial charge is 0.358 e. The first-order chi connectivity index (χ1) is 7.04. The van der Waals surface area contributed by atoms with Crippen LogP contribution in [-0.4, -0.2) is 49.6 Å². The van der Waals surface area contributed by atoms with Crippen molar-refractivity contribution < 1.29 is 4.79 Å². The zero-order chi connectivity index (χ0) is 11.4. The first-order valence-corrected chi connectivity index (χ1v) is 5.72. The SMILES string of the molecule is CNC(=O)C1CCC(CN(C)C(C)C)N1. The molecule has 0 aromatic heterocycles. The fourth-order valence-corrected chi connectivity index (χ4v) is 1.90. The Kier molecular flexibility index (Phi) is 4.54. The van der Waals surface area contributed by atoms with Crippen molar-refractivity contribution in [3.8, 4) is 0 Å². The molecule has 2 N–H and O–H groups in total. The van der Waals surface area contributed by atoms with E-state index >= 15 is 0 Å². The topological polar surface area (TPSA) is 44.4 Å². The Labute approximate surface area is 92.4 Å². The Morgan fingerprint density at radius 3 is 2.73 bits per heavy atom. The highest BCUT2D eigenvalue weighted by molar-refractivity contribution is 5.81. The Morgan fingerprint density at radius 2 is 2.20 bits per heavy atom. The minimum absolute atomic E-state index is 0.0144. The van der Waals surface area contributed by atoms with Crippen molar-refractivity contribution in [1.29, 1.82) is 0 Å². The van der Waals surface area contributed by atoms with Gasteiger partial charge in [0.1, 0.15) is 0 Å². The second-order valence-corrected chi connectivity index (χ2v) is 4.64. The third-order valence-electron chi connectivity index (χ3n) is 3.19. The number of rotatable bonds is 4. The van der Waals surface area contributed by atoms with Crippen LogP contribution in [0.4, 0.5) is 0 Å². The van der Waals surface area contributed by atoms with Gasteiger partial charge in [0.25, 0.3) is 0 Å². The van der Waals surface area contributed by atoms with Crippen molar-refractivity contribution in [1.82, 2.24) is 15.5 Å². The van der Waals surface area contributed by atoms with Crippen LogP contribution in [0.3, 0.4) is 0 Å². The zero-order valence-electron chi connectivity index (χ0n) is 10.2. The van der Waals surface area contributed by atoms with Crippen molar-refractivity contribution in [3.05, 3.63) is 0 Å². The second kappa shape index (κ2) is 5.47. The lowest BCUT2D eigenvalue weighted by Gasteiger charge is -2.25. The van der Waals surface area contributed by atoms with Gasteiger partial charge in [0.05, 0.1) is 6.04 Å². The molecule has 1 saturated heterocycles. The summed E-state index contributed by atoms with van der Waals surface area (Å²) in [6.07, 6.45) is 2.05. The molecule has 1 aliphatic heterocycles. The van der Waals surface area contributed by atoms with Crippen LogP contribution >= 0.6 is 0 Å². The van der Waals surface area contributed by atoms with Gasteiger partial charge in [-0.3, -0.25) is 4.79 Å². The van der Waals surface area contributed by atoms with Gasteiger partial charge >= 0.3 is 0 Å². The third-order valence-corrected chi connectivity index (χ3v) is 3.19. The highest BCUT2D eigenvalue weighted by Crippen LogP contribution is 2.13. The number of carbonyl (C=O) groups excluding carboxylic acids is 1. The van der Waals surface area contributed by atoms with Gasteiger partial charge < -0.3 is 15.5 Å². The molecule has 1 fully saturated rings. The molecule has 0 aromatic rings. The van der Waals surface area contributed by atoms with E-state index < -0.39 is 0 Å². The maximum atomic E-state index is 11.4. The van der Waals surface area contributed by atoms with E-state index in [4.69, 9.17) is 0 Å². The van der Waals surface area contributed by atoms with Gasteiger partial charge in [0.2, 0.25) is 5.91 Å². The predicted octanol–water partition coefficient (Wildman–Crippen LogP) is 0.193. The molecule has 0 saturated carbocycles. The molecule has 2 unspecified atom stereocenters. The van der Waals surface area contributed by atoms with Gasteiger partial charge in [-0.05, 0) is 33.7 Å². The number of hydrogen-bond acceptors (Lipinski definition) is 3. The fraction of sp³-hybridized carbons (Fsp3) is 0.909. The van der Waals surface area contributed by atoms with Gasteiger partial charge in [-0.25, -0.2) is 0 Å². The lowest BCUT2D eigenvalue weighted by molar-refractivity contribution is -0.122. The van der Waals surface area contributed by atoms with E-state index in [1.807, 2.05) is 0 Å². The summed E-state index contributed by atoms with van der Waals surface area (Å²) in [7, 11) is 3.82. The number of likely N-dealkylation sites (N-methyl/N-ethyl adjacent to an activating group) is 2. The Bertz CT molecular complexity index is 218. The van der Waals surface area contributed by atoms with Crippen LogP contribution in [-0.2, 0) is 4.79 Å². The summed E-state index contributed by atoms with van der Waals surface area (Å²) in [5.41, 5.74) is 0. The molecule has 4 heteroatoms. The van der Waals surface area contributed by atoms with Crippen LogP contribution in [0.2, 0.25) is 0 Å². The molecule has 0 aromatic carbocycles. The minimum Gasteiger partial charge on any atom is -0.358 e. The van der Waals surface area contributed by atoms with E-state index in [0.717, 1.165) is 19.4 Å². The summed E-state index contributed by atoms with van der Waals surface area (Å²) in [4.78, 5) is 13.7. The highest BCUT2D eigenvalue weighted by Gasteiger charge is 2.28. The summed E-state index contributed by atoms with van der Waals surface area (Å²) >= 11 is 0. The highest BCUT2D eigenvalue weighted by atomic mass is 16.2. The Balaban J connectivity index is 2.33. The molecule has 2 atom stereocenters. The molecule has 88 valence electrons. The molecule has 0 radical (unpaired) electrons. The van der Waals surface area contributed by atoms with E-state index in [-0.39, 0.29) is 11.9 Å². The molecular weight excluding hydrogens is 190 g/mol.